The molecule has 0 saturated carbocycles. The largest absolute Gasteiger partial charge is 0.481 e. The fraction of sp³-hybridized carbons (Fsp3) is 0.778. The second-order valence-corrected chi connectivity index (χ2v) is 3.33. The molecule has 0 heterocycles. The Morgan fingerprint density at radius 1 is 1.50 bits per heavy atom. The molecule has 14 heavy (non-hydrogen) atoms. The zero-order valence-electron chi connectivity index (χ0n) is 8.62. The quantitative estimate of drug-likeness (QED) is 0.556. The van der Waals surface area contributed by atoms with Crippen molar-refractivity contribution in [3.8, 4) is 0 Å². The van der Waals surface area contributed by atoms with Crippen molar-refractivity contribution in [1.29, 1.82) is 0 Å². The van der Waals surface area contributed by atoms with Crippen LogP contribution in [0.25, 0.3) is 0 Å². The number of nitrogens with two attached hydrogens (primary N) is 1. The number of nitrogens with one attached hydrogen (secondary N) is 1. The lowest BCUT2D eigenvalue weighted by atomic mass is 10.1. The van der Waals surface area contributed by atoms with Crippen LogP contribution in [0, 0.1) is 11.8 Å². The predicted octanol–water partition coefficient (Wildman–Crippen LogP) is -0.192. The van der Waals surface area contributed by atoms with E-state index in [0.29, 0.717) is 13.0 Å². The van der Waals surface area contributed by atoms with Crippen LogP contribution in [0.5, 0.6) is 0 Å². The van der Waals surface area contributed by atoms with Gasteiger partial charge in [-0.15, -0.1) is 0 Å². The molecule has 0 bridgehead atoms. The number of carbonyl (C=O) groups is 2. The second-order valence-electron chi connectivity index (χ2n) is 3.33. The van der Waals surface area contributed by atoms with Crippen molar-refractivity contribution in [1.82, 2.24) is 5.32 Å². The molecule has 0 aromatic carbocycles. The molecule has 2 atom stereocenters. The van der Waals surface area contributed by atoms with Crippen LogP contribution in [0.3, 0.4) is 0 Å². The molecular weight excluding hydrogens is 184 g/mol. The Balaban J connectivity index is 3.89. The van der Waals surface area contributed by atoms with Gasteiger partial charge in [-0.05, 0) is 6.42 Å². The maximum atomic E-state index is 11.3. The molecule has 5 nitrogen and oxygen atoms in total. The van der Waals surface area contributed by atoms with Gasteiger partial charge < -0.3 is 16.2 Å². The highest BCUT2D eigenvalue weighted by Gasteiger charge is 2.17. The van der Waals surface area contributed by atoms with Crippen LogP contribution in [-0.2, 0) is 9.59 Å². The van der Waals surface area contributed by atoms with E-state index in [1.807, 2.05) is 6.92 Å². The Bertz CT molecular complexity index is 202. The minimum absolute atomic E-state index is 0.157. The van der Waals surface area contributed by atoms with E-state index < -0.39 is 11.9 Å². The third-order valence-corrected chi connectivity index (χ3v) is 2.15. The summed E-state index contributed by atoms with van der Waals surface area (Å²) >= 11 is 0. The van der Waals surface area contributed by atoms with Crippen LogP contribution in [0.1, 0.15) is 20.3 Å². The molecule has 5 heteroatoms. The van der Waals surface area contributed by atoms with E-state index in [1.54, 1.807) is 6.92 Å². The van der Waals surface area contributed by atoms with E-state index in [2.05, 4.69) is 5.32 Å². The van der Waals surface area contributed by atoms with Gasteiger partial charge in [0, 0.05) is 19.0 Å². The summed E-state index contributed by atoms with van der Waals surface area (Å²) in [6, 6.07) is 0. The first kappa shape index (κ1) is 12.9. The van der Waals surface area contributed by atoms with Crippen molar-refractivity contribution < 1.29 is 14.7 Å². The van der Waals surface area contributed by atoms with Gasteiger partial charge in [0.25, 0.3) is 0 Å². The Hall–Kier alpha value is -1.10. The second kappa shape index (κ2) is 6.37. The van der Waals surface area contributed by atoms with Gasteiger partial charge >= 0.3 is 5.97 Å². The molecule has 0 fully saturated rings. The highest BCUT2D eigenvalue weighted by Crippen LogP contribution is 2.00. The monoisotopic (exact) mass is 202 g/mol. The molecule has 2 unspecified atom stereocenters. The summed E-state index contributed by atoms with van der Waals surface area (Å²) < 4.78 is 0. The standard InChI is InChI=1S/C9H18N2O3/c1-3-7(4-10)8(12)11-5-6(2)9(13)14/h6-7H,3-5,10H2,1-2H3,(H,11,12)(H,13,14). The van der Waals surface area contributed by atoms with Crippen molar-refractivity contribution in [3.63, 3.8) is 0 Å². The summed E-state index contributed by atoms with van der Waals surface area (Å²) in [5.74, 6) is -1.85. The minimum Gasteiger partial charge on any atom is -0.481 e. The molecule has 0 aromatic heterocycles. The van der Waals surface area contributed by atoms with Crippen molar-refractivity contribution in [3.05, 3.63) is 0 Å². The Kier molecular flexibility index (Phi) is 5.87. The van der Waals surface area contributed by atoms with Gasteiger partial charge in [-0.1, -0.05) is 13.8 Å². The number of hydrogen-bond acceptors (Lipinski definition) is 3. The first-order valence-electron chi connectivity index (χ1n) is 4.73. The van der Waals surface area contributed by atoms with E-state index >= 15 is 0 Å². The molecule has 0 radical (unpaired) electrons. The molecular formula is C9H18N2O3. The number of rotatable bonds is 6. The van der Waals surface area contributed by atoms with E-state index in [1.165, 1.54) is 0 Å². The number of amides is 1. The fourth-order valence-corrected chi connectivity index (χ4v) is 0.944. The molecule has 4 N–H and O–H groups in total. The van der Waals surface area contributed by atoms with E-state index in [-0.39, 0.29) is 18.4 Å². The minimum atomic E-state index is -0.911. The van der Waals surface area contributed by atoms with E-state index in [4.69, 9.17) is 10.8 Å². The summed E-state index contributed by atoms with van der Waals surface area (Å²) in [5, 5.41) is 11.1. The van der Waals surface area contributed by atoms with Crippen molar-refractivity contribution >= 4 is 11.9 Å². The molecule has 0 rings (SSSR count). The van der Waals surface area contributed by atoms with Gasteiger partial charge in [0.15, 0.2) is 0 Å². The molecule has 1 amide bonds. The number of carbonyl (C=O) groups excluding carboxylic acids is 1. The summed E-state index contributed by atoms with van der Waals surface area (Å²) in [4.78, 5) is 21.8. The smallest absolute Gasteiger partial charge is 0.308 e. The number of aliphatic carboxylic acids is 1. The van der Waals surface area contributed by atoms with Crippen LogP contribution in [-0.4, -0.2) is 30.1 Å². The summed E-state index contributed by atoms with van der Waals surface area (Å²) in [6.07, 6.45) is 0.670. The zero-order valence-corrected chi connectivity index (χ0v) is 8.62. The molecule has 0 aliphatic rings. The Labute approximate surface area is 83.7 Å². The zero-order chi connectivity index (χ0) is 11.1. The number of carboxylic acids is 1. The summed E-state index contributed by atoms with van der Waals surface area (Å²) in [5.41, 5.74) is 5.37. The first-order chi connectivity index (χ1) is 6.52. The maximum Gasteiger partial charge on any atom is 0.308 e. The van der Waals surface area contributed by atoms with Crippen molar-refractivity contribution in [2.24, 2.45) is 17.6 Å². The Morgan fingerprint density at radius 2 is 2.07 bits per heavy atom. The third-order valence-electron chi connectivity index (χ3n) is 2.15. The highest BCUT2D eigenvalue weighted by atomic mass is 16.4. The number of carboxylic acid groups (broad SMARTS) is 1. The third kappa shape index (κ3) is 4.23. The molecule has 0 aromatic rings. The fourth-order valence-electron chi connectivity index (χ4n) is 0.944. The van der Waals surface area contributed by atoms with Crippen molar-refractivity contribution in [2.75, 3.05) is 13.1 Å². The lowest BCUT2D eigenvalue weighted by molar-refractivity contribution is -0.141. The van der Waals surface area contributed by atoms with Gasteiger partial charge in [0.1, 0.15) is 0 Å². The first-order valence-corrected chi connectivity index (χ1v) is 4.73. The Morgan fingerprint density at radius 3 is 2.43 bits per heavy atom. The van der Waals surface area contributed by atoms with Gasteiger partial charge in [-0.2, -0.15) is 0 Å². The van der Waals surface area contributed by atoms with Crippen LogP contribution in [0.2, 0.25) is 0 Å². The van der Waals surface area contributed by atoms with Crippen LogP contribution in [0.4, 0.5) is 0 Å². The van der Waals surface area contributed by atoms with Gasteiger partial charge in [-0.25, -0.2) is 0 Å². The van der Waals surface area contributed by atoms with Crippen LogP contribution >= 0.6 is 0 Å². The van der Waals surface area contributed by atoms with Gasteiger partial charge in [0.2, 0.25) is 5.91 Å². The molecule has 0 saturated heterocycles. The average molecular weight is 202 g/mol. The van der Waals surface area contributed by atoms with Crippen molar-refractivity contribution in [2.45, 2.75) is 20.3 Å². The van der Waals surface area contributed by atoms with Gasteiger partial charge in [0.05, 0.1) is 5.92 Å². The van der Waals surface area contributed by atoms with E-state index in [0.717, 1.165) is 0 Å². The molecule has 0 aliphatic heterocycles. The maximum absolute atomic E-state index is 11.3. The average Bonchev–Trinajstić information content (AvgIpc) is 2.15. The lowest BCUT2D eigenvalue weighted by Crippen LogP contribution is -2.38. The SMILES string of the molecule is CCC(CN)C(=O)NCC(C)C(=O)O. The summed E-state index contributed by atoms with van der Waals surface area (Å²) in [6.45, 7) is 3.87. The molecule has 0 aliphatic carbocycles. The lowest BCUT2D eigenvalue weighted by Gasteiger charge is -2.13. The van der Waals surface area contributed by atoms with E-state index in [9.17, 15) is 9.59 Å². The number of hydrogen-bond donors (Lipinski definition) is 3. The predicted molar refractivity (Wildman–Crippen MR) is 52.6 cm³/mol. The highest BCUT2D eigenvalue weighted by molar-refractivity contribution is 5.79. The normalized spacial score (nSPS) is 14.5. The van der Waals surface area contributed by atoms with Crippen LogP contribution in [0.15, 0.2) is 0 Å². The molecule has 0 spiro atoms. The van der Waals surface area contributed by atoms with Crippen LogP contribution < -0.4 is 11.1 Å². The van der Waals surface area contributed by atoms with Gasteiger partial charge in [-0.3, -0.25) is 9.59 Å². The topological polar surface area (TPSA) is 92.4 Å². The summed E-state index contributed by atoms with van der Waals surface area (Å²) in [7, 11) is 0. The molecule has 82 valence electrons.